The molecule has 3 aromatic carbocycles. The van der Waals surface area contributed by atoms with Gasteiger partial charge in [-0.2, -0.15) is 5.10 Å². The Morgan fingerprint density at radius 3 is 2.35 bits per heavy atom. The molecule has 1 amide bonds. The fourth-order valence-corrected chi connectivity index (χ4v) is 3.00. The summed E-state index contributed by atoms with van der Waals surface area (Å²) in [5.41, 5.74) is 3.05. The number of carbonyl (C=O) groups is 1. The molecular formula is C19H14Cl2N2O3. The number of phenolic OH excluding ortho intramolecular Hbond substituents is 2. The summed E-state index contributed by atoms with van der Waals surface area (Å²) in [5, 5.41) is 26.1. The fraction of sp³-hybridized carbons (Fsp3) is 0.0526. The minimum absolute atomic E-state index is 0.0838. The van der Waals surface area contributed by atoms with E-state index in [9.17, 15) is 15.0 Å². The van der Waals surface area contributed by atoms with Gasteiger partial charge >= 0.3 is 0 Å². The topological polar surface area (TPSA) is 81.9 Å². The highest BCUT2D eigenvalue weighted by atomic mass is 35.5. The van der Waals surface area contributed by atoms with Crippen molar-refractivity contribution in [1.82, 2.24) is 5.43 Å². The summed E-state index contributed by atoms with van der Waals surface area (Å²) >= 11 is 11.8. The minimum Gasteiger partial charge on any atom is -0.507 e. The van der Waals surface area contributed by atoms with Crippen molar-refractivity contribution in [3.8, 4) is 11.5 Å². The Kier molecular flexibility index (Phi) is 5.02. The monoisotopic (exact) mass is 388 g/mol. The van der Waals surface area contributed by atoms with Crippen LogP contribution < -0.4 is 5.43 Å². The molecule has 0 aliphatic heterocycles. The van der Waals surface area contributed by atoms with E-state index in [1.165, 1.54) is 18.2 Å². The highest BCUT2D eigenvalue weighted by Gasteiger charge is 2.14. The lowest BCUT2D eigenvalue weighted by Gasteiger charge is -2.08. The number of nitrogens with zero attached hydrogens (tertiary/aromatic N) is 1. The average Bonchev–Trinajstić information content (AvgIpc) is 2.61. The number of carbonyl (C=O) groups excluding carboxylic acids is 1. The molecule has 132 valence electrons. The SMILES string of the molecule is C/C(=N\NC(=O)c1cc2ccccc2cc1O)c1cc(Cl)cc(Cl)c1O. The zero-order valence-electron chi connectivity index (χ0n) is 13.6. The molecular weight excluding hydrogens is 375 g/mol. The Balaban J connectivity index is 1.89. The maximum Gasteiger partial charge on any atom is 0.275 e. The summed E-state index contributed by atoms with van der Waals surface area (Å²) in [5.74, 6) is -0.914. The first-order valence-electron chi connectivity index (χ1n) is 7.61. The van der Waals surface area contributed by atoms with E-state index in [4.69, 9.17) is 23.2 Å². The first kappa shape index (κ1) is 18.0. The van der Waals surface area contributed by atoms with Crippen LogP contribution in [-0.2, 0) is 0 Å². The molecule has 7 heteroatoms. The zero-order chi connectivity index (χ0) is 18.8. The van der Waals surface area contributed by atoms with Crippen molar-refractivity contribution in [3.63, 3.8) is 0 Å². The van der Waals surface area contributed by atoms with Gasteiger partial charge in [-0.15, -0.1) is 0 Å². The van der Waals surface area contributed by atoms with Crippen LogP contribution in [0.15, 0.2) is 53.6 Å². The number of hydrogen-bond donors (Lipinski definition) is 3. The van der Waals surface area contributed by atoms with Crippen molar-refractivity contribution < 1.29 is 15.0 Å². The van der Waals surface area contributed by atoms with Gasteiger partial charge in [-0.05, 0) is 42.0 Å². The summed E-state index contributed by atoms with van der Waals surface area (Å²) in [4.78, 5) is 12.4. The molecule has 0 fully saturated rings. The molecule has 0 aliphatic carbocycles. The van der Waals surface area contributed by atoms with E-state index in [2.05, 4.69) is 10.5 Å². The van der Waals surface area contributed by atoms with Crippen LogP contribution in [0.2, 0.25) is 10.0 Å². The van der Waals surface area contributed by atoms with Crippen LogP contribution in [0.5, 0.6) is 11.5 Å². The van der Waals surface area contributed by atoms with Crippen LogP contribution in [0.25, 0.3) is 10.8 Å². The third-order valence-corrected chi connectivity index (χ3v) is 4.36. The second kappa shape index (κ2) is 7.23. The highest BCUT2D eigenvalue weighted by molar-refractivity contribution is 6.36. The van der Waals surface area contributed by atoms with Crippen LogP contribution in [0, 0.1) is 0 Å². The molecule has 26 heavy (non-hydrogen) atoms. The van der Waals surface area contributed by atoms with Gasteiger partial charge in [0.25, 0.3) is 5.91 Å². The Morgan fingerprint density at radius 2 is 1.65 bits per heavy atom. The quantitative estimate of drug-likeness (QED) is 0.448. The molecule has 0 spiro atoms. The minimum atomic E-state index is -0.583. The normalized spacial score (nSPS) is 11.6. The number of aromatic hydroxyl groups is 2. The third-order valence-electron chi connectivity index (χ3n) is 3.85. The van der Waals surface area contributed by atoms with Gasteiger partial charge in [-0.25, -0.2) is 5.43 Å². The smallest absolute Gasteiger partial charge is 0.275 e. The van der Waals surface area contributed by atoms with Crippen molar-refractivity contribution in [2.75, 3.05) is 0 Å². The number of hydrazone groups is 1. The van der Waals surface area contributed by atoms with Gasteiger partial charge in [-0.3, -0.25) is 4.79 Å². The van der Waals surface area contributed by atoms with E-state index in [0.29, 0.717) is 16.3 Å². The Labute approximate surface area is 159 Å². The van der Waals surface area contributed by atoms with Crippen molar-refractivity contribution in [2.24, 2.45) is 5.10 Å². The number of nitrogens with one attached hydrogen (secondary N) is 1. The largest absolute Gasteiger partial charge is 0.507 e. The molecule has 3 N–H and O–H groups in total. The van der Waals surface area contributed by atoms with Gasteiger partial charge in [0.05, 0.1) is 16.3 Å². The van der Waals surface area contributed by atoms with E-state index in [1.807, 2.05) is 24.3 Å². The first-order chi connectivity index (χ1) is 12.4. The van der Waals surface area contributed by atoms with E-state index in [-0.39, 0.29) is 22.1 Å². The number of phenols is 2. The van der Waals surface area contributed by atoms with Gasteiger partial charge < -0.3 is 10.2 Å². The summed E-state index contributed by atoms with van der Waals surface area (Å²) in [6, 6.07) is 13.4. The van der Waals surface area contributed by atoms with Crippen molar-refractivity contribution in [1.29, 1.82) is 0 Å². The molecule has 0 unspecified atom stereocenters. The van der Waals surface area contributed by atoms with E-state index >= 15 is 0 Å². The second-order valence-corrected chi connectivity index (χ2v) is 6.48. The predicted octanol–water partition coefficient (Wildman–Crippen LogP) is 4.71. The van der Waals surface area contributed by atoms with Gasteiger partial charge in [0, 0.05) is 10.6 Å². The molecule has 0 aliphatic rings. The lowest BCUT2D eigenvalue weighted by atomic mass is 10.1. The van der Waals surface area contributed by atoms with Crippen LogP contribution in [0.4, 0.5) is 0 Å². The molecule has 3 aromatic rings. The number of benzene rings is 3. The van der Waals surface area contributed by atoms with Gasteiger partial charge in [0.15, 0.2) is 0 Å². The number of rotatable bonds is 3. The lowest BCUT2D eigenvalue weighted by molar-refractivity contribution is 0.0952. The van der Waals surface area contributed by atoms with Crippen LogP contribution in [0.3, 0.4) is 0 Å². The average molecular weight is 389 g/mol. The van der Waals surface area contributed by atoms with Gasteiger partial charge in [0.1, 0.15) is 11.5 Å². The molecule has 0 bridgehead atoms. The number of fused-ring (bicyclic) bond motifs is 1. The first-order valence-corrected chi connectivity index (χ1v) is 8.37. The van der Waals surface area contributed by atoms with Gasteiger partial charge in [0.2, 0.25) is 0 Å². The zero-order valence-corrected chi connectivity index (χ0v) is 15.1. The molecule has 0 heterocycles. The molecule has 0 aromatic heterocycles. The van der Waals surface area contributed by atoms with E-state index < -0.39 is 5.91 Å². The molecule has 0 saturated heterocycles. The summed E-state index contributed by atoms with van der Waals surface area (Å²) in [7, 11) is 0. The Hall–Kier alpha value is -2.76. The molecule has 3 rings (SSSR count). The summed E-state index contributed by atoms with van der Waals surface area (Å²) in [6.45, 7) is 1.59. The molecule has 0 atom stereocenters. The summed E-state index contributed by atoms with van der Waals surface area (Å²) < 4.78 is 0. The molecule has 5 nitrogen and oxygen atoms in total. The number of hydrogen-bond acceptors (Lipinski definition) is 4. The lowest BCUT2D eigenvalue weighted by Crippen LogP contribution is -2.19. The third kappa shape index (κ3) is 3.59. The Bertz CT molecular complexity index is 1050. The van der Waals surface area contributed by atoms with Crippen LogP contribution >= 0.6 is 23.2 Å². The number of amides is 1. The maximum absolute atomic E-state index is 12.4. The molecule has 0 radical (unpaired) electrons. The van der Waals surface area contributed by atoms with Crippen LogP contribution in [0.1, 0.15) is 22.8 Å². The summed E-state index contributed by atoms with van der Waals surface area (Å²) in [6.07, 6.45) is 0. The Morgan fingerprint density at radius 1 is 1.00 bits per heavy atom. The van der Waals surface area contributed by atoms with E-state index in [0.717, 1.165) is 10.8 Å². The van der Waals surface area contributed by atoms with Gasteiger partial charge in [-0.1, -0.05) is 47.5 Å². The van der Waals surface area contributed by atoms with Crippen molar-refractivity contribution in [3.05, 3.63) is 69.7 Å². The maximum atomic E-state index is 12.4. The van der Waals surface area contributed by atoms with Crippen molar-refractivity contribution in [2.45, 2.75) is 6.92 Å². The number of halogens is 2. The van der Waals surface area contributed by atoms with Crippen LogP contribution in [-0.4, -0.2) is 21.8 Å². The standard InChI is InChI=1S/C19H14Cl2N2O3/c1-10(14-8-13(20)9-16(21)18(14)25)22-23-19(26)15-6-11-4-2-3-5-12(11)7-17(15)24/h2-9,24-25H,1H3,(H,23,26)/b22-10+. The predicted molar refractivity (Wildman–Crippen MR) is 103 cm³/mol. The molecule has 0 saturated carbocycles. The fourth-order valence-electron chi connectivity index (χ4n) is 2.51. The van der Waals surface area contributed by atoms with E-state index in [1.54, 1.807) is 13.0 Å². The van der Waals surface area contributed by atoms with Crippen molar-refractivity contribution >= 4 is 45.6 Å². The second-order valence-electron chi connectivity index (χ2n) is 5.64. The highest BCUT2D eigenvalue weighted by Crippen LogP contribution is 2.31.